The second-order valence-electron chi connectivity index (χ2n) is 3.17. The molecule has 0 aliphatic carbocycles. The van der Waals surface area contributed by atoms with Gasteiger partial charge in [0.25, 0.3) is 0 Å². The van der Waals surface area contributed by atoms with Crippen molar-refractivity contribution < 1.29 is 22.4 Å². The highest BCUT2D eigenvalue weighted by Crippen LogP contribution is 2.32. The third-order valence-corrected chi connectivity index (χ3v) is 2.70. The molecule has 0 aliphatic rings. The Labute approximate surface area is 97.6 Å². The van der Waals surface area contributed by atoms with E-state index in [2.05, 4.69) is 15.9 Å². The molecule has 1 unspecified atom stereocenters. The Kier molecular flexibility index (Phi) is 4.07. The molecule has 0 amide bonds. The lowest BCUT2D eigenvalue weighted by Gasteiger charge is -2.12. The summed E-state index contributed by atoms with van der Waals surface area (Å²) in [5.74, 6) is -1.78. The Morgan fingerprint density at radius 2 is 1.94 bits per heavy atom. The minimum Gasteiger partial charge on any atom is -0.303 e. The third-order valence-electron chi connectivity index (χ3n) is 2.01. The highest BCUT2D eigenvalue weighted by Gasteiger charge is 2.31. The zero-order valence-corrected chi connectivity index (χ0v) is 9.48. The van der Waals surface area contributed by atoms with Crippen LogP contribution < -0.4 is 0 Å². The lowest BCUT2D eigenvalue weighted by Crippen LogP contribution is -2.09. The van der Waals surface area contributed by atoms with Gasteiger partial charge in [0.2, 0.25) is 0 Å². The molecule has 0 aromatic heterocycles. The molecule has 0 aliphatic heterocycles. The summed E-state index contributed by atoms with van der Waals surface area (Å²) >= 11 is 2.98. The van der Waals surface area contributed by atoms with E-state index in [1.54, 1.807) is 0 Å². The van der Waals surface area contributed by atoms with E-state index in [9.17, 15) is 22.4 Å². The van der Waals surface area contributed by atoms with Gasteiger partial charge < -0.3 is 4.79 Å². The van der Waals surface area contributed by atoms with E-state index in [1.165, 1.54) is 0 Å². The van der Waals surface area contributed by atoms with Gasteiger partial charge >= 0.3 is 6.18 Å². The molecule has 16 heavy (non-hydrogen) atoms. The molecule has 6 heteroatoms. The Balaban J connectivity index is 3.22. The fraction of sp³-hybridized carbons (Fsp3) is 0.300. The number of hydrogen-bond acceptors (Lipinski definition) is 1. The first-order valence-corrected chi connectivity index (χ1v) is 5.39. The van der Waals surface area contributed by atoms with Crippen LogP contribution in [-0.2, 0) is 11.0 Å². The number of alkyl halides is 4. The largest absolute Gasteiger partial charge is 0.416 e. The number of carbonyl (C=O) groups is 1. The topological polar surface area (TPSA) is 17.1 Å². The first kappa shape index (κ1) is 13.2. The van der Waals surface area contributed by atoms with Gasteiger partial charge in [-0.15, -0.1) is 0 Å². The zero-order chi connectivity index (χ0) is 12.3. The van der Waals surface area contributed by atoms with Crippen LogP contribution in [-0.4, -0.2) is 11.6 Å². The molecule has 88 valence electrons. The second kappa shape index (κ2) is 4.95. The molecule has 1 rings (SSSR count). The predicted octanol–water partition coefficient (Wildman–Crippen LogP) is 3.52. The summed E-state index contributed by atoms with van der Waals surface area (Å²) in [7, 11) is 0. The SMILES string of the molecule is O=CC(CBr)c1cc(F)cc(C(F)(F)F)c1. The van der Waals surface area contributed by atoms with E-state index in [1.807, 2.05) is 0 Å². The monoisotopic (exact) mass is 298 g/mol. The highest BCUT2D eigenvalue weighted by atomic mass is 79.9. The van der Waals surface area contributed by atoms with Gasteiger partial charge in [0.05, 0.1) is 5.56 Å². The standard InChI is InChI=1S/C10H7BrF4O/c11-4-7(5-16)6-1-8(10(13,14)15)3-9(12)2-6/h1-3,5,7H,4H2. The van der Waals surface area contributed by atoms with Crippen molar-refractivity contribution in [2.45, 2.75) is 12.1 Å². The molecule has 1 nitrogen and oxygen atoms in total. The van der Waals surface area contributed by atoms with Crippen LogP contribution in [0.25, 0.3) is 0 Å². The van der Waals surface area contributed by atoms with E-state index in [-0.39, 0.29) is 10.9 Å². The number of benzene rings is 1. The molecule has 1 aromatic carbocycles. The van der Waals surface area contributed by atoms with Gasteiger partial charge in [-0.2, -0.15) is 13.2 Å². The first-order valence-electron chi connectivity index (χ1n) is 4.27. The summed E-state index contributed by atoms with van der Waals surface area (Å²) in [4.78, 5) is 10.6. The summed E-state index contributed by atoms with van der Waals surface area (Å²) in [5.41, 5.74) is -1.07. The summed E-state index contributed by atoms with van der Waals surface area (Å²) < 4.78 is 50.0. The van der Waals surface area contributed by atoms with Crippen LogP contribution in [0.1, 0.15) is 17.0 Å². The number of halogens is 5. The molecule has 0 fully saturated rings. The van der Waals surface area contributed by atoms with Gasteiger partial charge in [0, 0.05) is 11.2 Å². The lowest BCUT2D eigenvalue weighted by atomic mass is 10.00. The Morgan fingerprint density at radius 1 is 1.31 bits per heavy atom. The van der Waals surface area contributed by atoms with E-state index >= 15 is 0 Å². The Hall–Kier alpha value is -0.910. The highest BCUT2D eigenvalue weighted by molar-refractivity contribution is 9.09. The molecular weight excluding hydrogens is 292 g/mol. The van der Waals surface area contributed by atoms with Crippen molar-refractivity contribution >= 4 is 22.2 Å². The first-order chi connectivity index (χ1) is 7.38. The van der Waals surface area contributed by atoms with Crippen molar-refractivity contribution in [1.82, 2.24) is 0 Å². The summed E-state index contributed by atoms with van der Waals surface area (Å²) in [6.07, 6.45) is -4.14. The molecule has 1 aromatic rings. The molecule has 0 saturated heterocycles. The molecular formula is C10H7BrF4O. The minimum absolute atomic E-state index is 0.0131. The van der Waals surface area contributed by atoms with Gasteiger partial charge in [-0.1, -0.05) is 15.9 Å². The Bertz CT molecular complexity index is 389. The van der Waals surface area contributed by atoms with Crippen LogP contribution in [0.15, 0.2) is 18.2 Å². The van der Waals surface area contributed by atoms with E-state index < -0.39 is 23.5 Å². The van der Waals surface area contributed by atoms with Crippen molar-refractivity contribution in [3.05, 3.63) is 35.1 Å². The number of aldehydes is 1. The third kappa shape index (κ3) is 3.04. The van der Waals surface area contributed by atoms with Crippen LogP contribution in [0.3, 0.4) is 0 Å². The minimum atomic E-state index is -4.61. The molecule has 0 heterocycles. The molecule has 1 atom stereocenters. The average molecular weight is 299 g/mol. The zero-order valence-electron chi connectivity index (χ0n) is 7.89. The van der Waals surface area contributed by atoms with E-state index in [0.717, 1.165) is 12.1 Å². The molecule has 0 saturated carbocycles. The fourth-order valence-corrected chi connectivity index (χ4v) is 1.72. The molecule has 0 spiro atoms. The van der Waals surface area contributed by atoms with Gasteiger partial charge in [-0.05, 0) is 23.8 Å². The van der Waals surface area contributed by atoms with Gasteiger partial charge in [0.15, 0.2) is 0 Å². The predicted molar refractivity (Wildman–Crippen MR) is 54.0 cm³/mol. The van der Waals surface area contributed by atoms with Gasteiger partial charge in [-0.3, -0.25) is 0 Å². The van der Waals surface area contributed by atoms with Crippen molar-refractivity contribution in [1.29, 1.82) is 0 Å². The van der Waals surface area contributed by atoms with Crippen LogP contribution in [0.4, 0.5) is 17.6 Å². The van der Waals surface area contributed by atoms with Crippen molar-refractivity contribution in [2.75, 3.05) is 5.33 Å². The molecule has 0 N–H and O–H groups in total. The van der Waals surface area contributed by atoms with Crippen LogP contribution in [0, 0.1) is 5.82 Å². The maximum absolute atomic E-state index is 13.0. The smallest absolute Gasteiger partial charge is 0.303 e. The van der Waals surface area contributed by atoms with Crippen LogP contribution in [0.5, 0.6) is 0 Å². The van der Waals surface area contributed by atoms with Crippen molar-refractivity contribution in [3.8, 4) is 0 Å². The number of hydrogen-bond donors (Lipinski definition) is 0. The number of carbonyl (C=O) groups excluding carboxylic acids is 1. The lowest BCUT2D eigenvalue weighted by molar-refractivity contribution is -0.137. The summed E-state index contributed by atoms with van der Waals surface area (Å²) in [5, 5.41) is 0.150. The number of rotatable bonds is 3. The van der Waals surface area contributed by atoms with Gasteiger partial charge in [-0.25, -0.2) is 4.39 Å². The van der Waals surface area contributed by atoms with Crippen molar-refractivity contribution in [2.24, 2.45) is 0 Å². The van der Waals surface area contributed by atoms with Crippen LogP contribution >= 0.6 is 15.9 Å². The maximum atomic E-state index is 13.0. The van der Waals surface area contributed by atoms with Crippen LogP contribution in [0.2, 0.25) is 0 Å². The van der Waals surface area contributed by atoms with Crippen molar-refractivity contribution in [3.63, 3.8) is 0 Å². The molecule has 0 bridgehead atoms. The van der Waals surface area contributed by atoms with E-state index in [0.29, 0.717) is 12.4 Å². The van der Waals surface area contributed by atoms with Gasteiger partial charge in [0.1, 0.15) is 12.1 Å². The average Bonchev–Trinajstić information content (AvgIpc) is 2.17. The summed E-state index contributed by atoms with van der Waals surface area (Å²) in [6.45, 7) is 0. The quantitative estimate of drug-likeness (QED) is 0.474. The maximum Gasteiger partial charge on any atom is 0.416 e. The molecule has 0 radical (unpaired) electrons. The summed E-state index contributed by atoms with van der Waals surface area (Å²) in [6, 6.07) is 2.11. The normalized spacial score (nSPS) is 13.6. The second-order valence-corrected chi connectivity index (χ2v) is 3.82. The van der Waals surface area contributed by atoms with E-state index in [4.69, 9.17) is 0 Å². The fourth-order valence-electron chi connectivity index (χ4n) is 1.19. The Morgan fingerprint density at radius 3 is 2.38 bits per heavy atom.